The SMILES string of the molecule is O=[N+]([O-])c1cc(Cl)cc(Cl)c1OCF. The topological polar surface area (TPSA) is 52.4 Å². The molecule has 0 fully saturated rings. The van der Waals surface area contributed by atoms with Crippen LogP contribution in [0, 0.1) is 10.1 Å². The van der Waals surface area contributed by atoms with Gasteiger partial charge in [-0.15, -0.1) is 0 Å². The summed E-state index contributed by atoms with van der Waals surface area (Å²) in [6, 6.07) is 2.28. The summed E-state index contributed by atoms with van der Waals surface area (Å²) >= 11 is 11.1. The molecule has 0 aromatic heterocycles. The van der Waals surface area contributed by atoms with Gasteiger partial charge in [0.1, 0.15) is 0 Å². The molecule has 76 valence electrons. The number of nitrogens with zero attached hydrogens (tertiary/aromatic N) is 1. The molecule has 7 heteroatoms. The molecular formula is C7H4Cl2FNO3. The molecule has 0 saturated carbocycles. The van der Waals surface area contributed by atoms with Gasteiger partial charge in [0, 0.05) is 11.1 Å². The van der Waals surface area contributed by atoms with Crippen molar-refractivity contribution in [2.24, 2.45) is 0 Å². The van der Waals surface area contributed by atoms with Gasteiger partial charge in [-0.3, -0.25) is 10.1 Å². The Morgan fingerprint density at radius 1 is 1.50 bits per heavy atom. The van der Waals surface area contributed by atoms with Crippen molar-refractivity contribution in [3.05, 3.63) is 32.3 Å². The molecule has 1 aromatic carbocycles. The summed E-state index contributed by atoms with van der Waals surface area (Å²) in [5.41, 5.74) is -0.458. The van der Waals surface area contributed by atoms with E-state index in [1.165, 1.54) is 6.07 Å². The molecule has 0 aliphatic heterocycles. The third kappa shape index (κ3) is 2.24. The molecule has 0 saturated heterocycles. The summed E-state index contributed by atoms with van der Waals surface area (Å²) in [5.74, 6) is -0.316. The predicted molar refractivity (Wildman–Crippen MR) is 49.7 cm³/mol. The van der Waals surface area contributed by atoms with Crippen molar-refractivity contribution >= 4 is 28.9 Å². The number of halogens is 3. The molecule has 0 aliphatic carbocycles. The second-order valence-corrected chi connectivity index (χ2v) is 3.09. The Morgan fingerprint density at radius 3 is 2.64 bits per heavy atom. The largest absolute Gasteiger partial charge is 0.454 e. The zero-order valence-corrected chi connectivity index (χ0v) is 8.18. The molecule has 1 rings (SSSR count). The molecule has 0 radical (unpaired) electrons. The fourth-order valence-electron chi connectivity index (χ4n) is 0.880. The highest BCUT2D eigenvalue weighted by atomic mass is 35.5. The average Bonchev–Trinajstić information content (AvgIpc) is 2.09. The normalized spacial score (nSPS) is 9.93. The van der Waals surface area contributed by atoms with Crippen LogP contribution in [0.3, 0.4) is 0 Å². The van der Waals surface area contributed by atoms with Crippen LogP contribution < -0.4 is 4.74 Å². The van der Waals surface area contributed by atoms with Crippen molar-refractivity contribution in [1.82, 2.24) is 0 Å². The fraction of sp³-hybridized carbons (Fsp3) is 0.143. The maximum Gasteiger partial charge on any atom is 0.314 e. The van der Waals surface area contributed by atoms with E-state index in [0.29, 0.717) is 0 Å². The van der Waals surface area contributed by atoms with Crippen molar-refractivity contribution in [1.29, 1.82) is 0 Å². The maximum atomic E-state index is 11.9. The number of nitro benzene ring substituents is 1. The van der Waals surface area contributed by atoms with Gasteiger partial charge in [-0.1, -0.05) is 23.2 Å². The van der Waals surface area contributed by atoms with E-state index in [1.54, 1.807) is 0 Å². The minimum absolute atomic E-state index is 0.0907. The van der Waals surface area contributed by atoms with E-state index in [2.05, 4.69) is 4.74 Å². The Hall–Kier alpha value is -1.07. The van der Waals surface area contributed by atoms with Gasteiger partial charge in [-0.2, -0.15) is 0 Å². The van der Waals surface area contributed by atoms with Gasteiger partial charge < -0.3 is 4.74 Å². The molecule has 1 aromatic rings. The van der Waals surface area contributed by atoms with Gasteiger partial charge >= 0.3 is 5.69 Å². The fourth-order valence-corrected chi connectivity index (χ4v) is 1.42. The van der Waals surface area contributed by atoms with Gasteiger partial charge in [0.05, 0.1) is 9.95 Å². The lowest BCUT2D eigenvalue weighted by Gasteiger charge is -2.04. The van der Waals surface area contributed by atoms with E-state index in [9.17, 15) is 14.5 Å². The van der Waals surface area contributed by atoms with Crippen molar-refractivity contribution in [3.8, 4) is 5.75 Å². The first-order chi connectivity index (χ1) is 6.56. The highest BCUT2D eigenvalue weighted by molar-refractivity contribution is 6.36. The first-order valence-electron chi connectivity index (χ1n) is 3.38. The molecule has 0 bridgehead atoms. The second-order valence-electron chi connectivity index (χ2n) is 2.25. The Morgan fingerprint density at radius 2 is 2.14 bits per heavy atom. The van der Waals surface area contributed by atoms with Crippen molar-refractivity contribution in [3.63, 3.8) is 0 Å². The van der Waals surface area contributed by atoms with Gasteiger partial charge in [0.15, 0.2) is 0 Å². The van der Waals surface area contributed by atoms with Crippen LogP contribution in [-0.4, -0.2) is 11.8 Å². The smallest absolute Gasteiger partial charge is 0.314 e. The summed E-state index contributed by atoms with van der Waals surface area (Å²) < 4.78 is 16.3. The van der Waals surface area contributed by atoms with Crippen LogP contribution in [0.4, 0.5) is 10.1 Å². The number of nitro groups is 1. The maximum absolute atomic E-state index is 11.9. The lowest BCUT2D eigenvalue weighted by molar-refractivity contribution is -0.386. The average molecular weight is 240 g/mol. The molecule has 0 spiro atoms. The standard InChI is InChI=1S/C7H4Cl2FNO3/c8-4-1-5(9)7(14-3-10)6(2-4)11(12)13/h1-2H,3H2. The quantitative estimate of drug-likeness (QED) is 0.602. The van der Waals surface area contributed by atoms with E-state index in [0.717, 1.165) is 6.07 Å². The zero-order valence-electron chi connectivity index (χ0n) is 6.67. The summed E-state index contributed by atoms with van der Waals surface area (Å²) in [4.78, 5) is 9.74. The van der Waals surface area contributed by atoms with Crippen LogP contribution in [0.25, 0.3) is 0 Å². The molecular weight excluding hydrogens is 236 g/mol. The Balaban J connectivity index is 3.28. The first-order valence-corrected chi connectivity index (χ1v) is 4.14. The van der Waals surface area contributed by atoms with Crippen LogP contribution in [0.15, 0.2) is 12.1 Å². The summed E-state index contributed by atoms with van der Waals surface area (Å²) in [7, 11) is 0. The minimum atomic E-state index is -1.19. The third-order valence-electron chi connectivity index (χ3n) is 1.38. The van der Waals surface area contributed by atoms with Gasteiger partial charge in [0.2, 0.25) is 12.6 Å². The van der Waals surface area contributed by atoms with E-state index in [4.69, 9.17) is 23.2 Å². The number of ether oxygens (including phenoxy) is 1. The van der Waals surface area contributed by atoms with Crippen LogP contribution in [0.1, 0.15) is 0 Å². The van der Waals surface area contributed by atoms with Gasteiger partial charge in [-0.05, 0) is 6.07 Å². The molecule has 14 heavy (non-hydrogen) atoms. The van der Waals surface area contributed by atoms with E-state index < -0.39 is 17.5 Å². The molecule has 0 heterocycles. The van der Waals surface area contributed by atoms with E-state index in [-0.39, 0.29) is 15.8 Å². The van der Waals surface area contributed by atoms with Crippen molar-refractivity contribution in [2.75, 3.05) is 6.86 Å². The number of hydrogen-bond donors (Lipinski definition) is 0. The van der Waals surface area contributed by atoms with Crippen LogP contribution >= 0.6 is 23.2 Å². The van der Waals surface area contributed by atoms with Gasteiger partial charge in [0.25, 0.3) is 0 Å². The number of benzene rings is 1. The molecule has 0 N–H and O–H groups in total. The lowest BCUT2D eigenvalue weighted by atomic mass is 10.3. The summed E-state index contributed by atoms with van der Waals surface area (Å²) in [6.07, 6.45) is 0. The Bertz CT molecular complexity index is 372. The molecule has 4 nitrogen and oxygen atoms in total. The minimum Gasteiger partial charge on any atom is -0.454 e. The second kappa shape index (κ2) is 4.43. The van der Waals surface area contributed by atoms with Crippen molar-refractivity contribution < 1.29 is 14.1 Å². The van der Waals surface area contributed by atoms with Crippen LogP contribution in [0.5, 0.6) is 5.75 Å². The molecule has 0 amide bonds. The molecule has 0 unspecified atom stereocenters. The van der Waals surface area contributed by atoms with E-state index in [1.807, 2.05) is 0 Å². The predicted octanol–water partition coefficient (Wildman–Crippen LogP) is 3.21. The third-order valence-corrected chi connectivity index (χ3v) is 1.88. The van der Waals surface area contributed by atoms with E-state index >= 15 is 0 Å². The molecule has 0 aliphatic rings. The highest BCUT2D eigenvalue weighted by Crippen LogP contribution is 2.37. The highest BCUT2D eigenvalue weighted by Gasteiger charge is 2.20. The number of hydrogen-bond acceptors (Lipinski definition) is 3. The molecule has 0 atom stereocenters. The summed E-state index contributed by atoms with van der Waals surface area (Å²) in [6.45, 7) is -1.19. The summed E-state index contributed by atoms with van der Waals surface area (Å²) in [5, 5.41) is 10.5. The first kappa shape index (κ1) is 11.0. The van der Waals surface area contributed by atoms with Crippen LogP contribution in [0.2, 0.25) is 10.0 Å². The monoisotopic (exact) mass is 239 g/mol. The number of alkyl halides is 1. The van der Waals surface area contributed by atoms with Crippen LogP contribution in [-0.2, 0) is 0 Å². The Kier molecular flexibility index (Phi) is 3.49. The zero-order chi connectivity index (χ0) is 10.7. The lowest BCUT2D eigenvalue weighted by Crippen LogP contribution is -1.97. The Labute approximate surface area is 88.3 Å². The van der Waals surface area contributed by atoms with Crippen molar-refractivity contribution in [2.45, 2.75) is 0 Å². The van der Waals surface area contributed by atoms with Gasteiger partial charge in [-0.25, -0.2) is 4.39 Å². The number of rotatable bonds is 3.